The van der Waals surface area contributed by atoms with Gasteiger partial charge in [0.1, 0.15) is 10.7 Å². The second-order valence-corrected chi connectivity index (χ2v) is 11.1. The molecule has 0 N–H and O–H groups in total. The highest BCUT2D eigenvalue weighted by molar-refractivity contribution is 7.91. The van der Waals surface area contributed by atoms with E-state index in [0.29, 0.717) is 17.7 Å². The lowest BCUT2D eigenvalue weighted by Gasteiger charge is -2.18. The highest BCUT2D eigenvalue weighted by Gasteiger charge is 2.32. The van der Waals surface area contributed by atoms with Crippen LogP contribution in [-0.2, 0) is 26.4 Å². The second kappa shape index (κ2) is 6.99. The highest BCUT2D eigenvalue weighted by Crippen LogP contribution is 2.28. The monoisotopic (exact) mass is 415 g/mol. The molecule has 27 heavy (non-hydrogen) atoms. The molecule has 2 heterocycles. The molecule has 0 spiro atoms. The number of benzene rings is 1. The number of hydrogen-bond acceptors (Lipinski definition) is 5. The van der Waals surface area contributed by atoms with Crippen LogP contribution in [0.5, 0.6) is 0 Å². The van der Waals surface area contributed by atoms with Crippen molar-refractivity contribution in [3.8, 4) is 0 Å². The lowest BCUT2D eigenvalue weighted by atomic mass is 10.2. The van der Waals surface area contributed by atoms with Crippen LogP contribution in [0.2, 0.25) is 0 Å². The van der Waals surface area contributed by atoms with Gasteiger partial charge in [0.2, 0.25) is 10.0 Å². The first kappa shape index (κ1) is 20.0. The van der Waals surface area contributed by atoms with E-state index < -0.39 is 25.7 Å². The molecular formula is C17H22FN3O4S2. The van der Waals surface area contributed by atoms with Crippen LogP contribution in [0.3, 0.4) is 0 Å². The number of sulfonamides is 1. The topological polar surface area (TPSA) is 89.3 Å². The van der Waals surface area contributed by atoms with Crippen LogP contribution in [0, 0.1) is 19.7 Å². The molecule has 3 rings (SSSR count). The molecule has 0 saturated carbocycles. The van der Waals surface area contributed by atoms with Gasteiger partial charge in [-0.25, -0.2) is 21.2 Å². The summed E-state index contributed by atoms with van der Waals surface area (Å²) in [5.74, 6) is -0.630. The average Bonchev–Trinajstić information content (AvgIpc) is 3.08. The Hall–Kier alpha value is -1.78. The van der Waals surface area contributed by atoms with E-state index in [4.69, 9.17) is 0 Å². The summed E-state index contributed by atoms with van der Waals surface area (Å²) >= 11 is 0. The molecule has 7 nitrogen and oxygen atoms in total. The maximum Gasteiger partial charge on any atom is 0.246 e. The Kier molecular flexibility index (Phi) is 5.17. The number of aryl methyl sites for hydroxylation is 1. The van der Waals surface area contributed by atoms with E-state index >= 15 is 0 Å². The Labute approximate surface area is 158 Å². The van der Waals surface area contributed by atoms with Crippen LogP contribution in [0.4, 0.5) is 4.39 Å². The minimum absolute atomic E-state index is 0.0216. The fraction of sp³-hybridized carbons (Fsp3) is 0.471. The quantitative estimate of drug-likeness (QED) is 0.743. The van der Waals surface area contributed by atoms with E-state index in [1.54, 1.807) is 18.5 Å². The van der Waals surface area contributed by atoms with E-state index in [-0.39, 0.29) is 29.0 Å². The first-order valence-corrected chi connectivity index (χ1v) is 11.7. The number of aromatic nitrogens is 2. The summed E-state index contributed by atoms with van der Waals surface area (Å²) in [7, 11) is -5.68. The summed E-state index contributed by atoms with van der Waals surface area (Å²) < 4.78 is 65.6. The summed E-state index contributed by atoms with van der Waals surface area (Å²) in [6.45, 7) is 3.57. The zero-order valence-corrected chi connectivity index (χ0v) is 17.0. The van der Waals surface area contributed by atoms with Crippen molar-refractivity contribution in [1.82, 2.24) is 14.1 Å². The van der Waals surface area contributed by atoms with E-state index in [2.05, 4.69) is 5.10 Å². The molecule has 10 heteroatoms. The van der Waals surface area contributed by atoms with Gasteiger partial charge in [0, 0.05) is 24.8 Å². The molecule has 0 bridgehead atoms. The molecule has 1 aromatic carbocycles. The predicted molar refractivity (Wildman–Crippen MR) is 99.1 cm³/mol. The molecule has 1 aromatic heterocycles. The van der Waals surface area contributed by atoms with Crippen LogP contribution in [0.15, 0.2) is 29.2 Å². The van der Waals surface area contributed by atoms with Gasteiger partial charge < -0.3 is 0 Å². The minimum atomic E-state index is -4.00. The molecule has 1 aliphatic heterocycles. The summed E-state index contributed by atoms with van der Waals surface area (Å²) in [6.07, 6.45) is 0.493. The van der Waals surface area contributed by atoms with E-state index in [1.807, 2.05) is 0 Å². The van der Waals surface area contributed by atoms with Crippen molar-refractivity contribution in [2.45, 2.75) is 37.8 Å². The Bertz CT molecular complexity index is 1080. The molecule has 0 radical (unpaired) electrons. The SMILES string of the molecule is Cc1nn([C@@H]2CCS(=O)(=O)C2)c(C)c1CN(C)S(=O)(=O)c1ccccc1F. The summed E-state index contributed by atoms with van der Waals surface area (Å²) in [5.41, 5.74) is 2.05. The number of sulfone groups is 1. The molecule has 0 aliphatic carbocycles. The van der Waals surface area contributed by atoms with Gasteiger partial charge in [0.05, 0.1) is 23.2 Å². The molecule has 1 saturated heterocycles. The van der Waals surface area contributed by atoms with Crippen molar-refractivity contribution in [3.63, 3.8) is 0 Å². The third-order valence-corrected chi connectivity index (χ3v) is 8.52. The number of rotatable bonds is 5. The number of nitrogens with zero attached hydrogens (tertiary/aromatic N) is 3. The van der Waals surface area contributed by atoms with Crippen LogP contribution in [0.25, 0.3) is 0 Å². The minimum Gasteiger partial charge on any atom is -0.265 e. The van der Waals surface area contributed by atoms with Crippen molar-refractivity contribution in [1.29, 1.82) is 0 Å². The maximum absolute atomic E-state index is 13.9. The van der Waals surface area contributed by atoms with E-state index in [9.17, 15) is 21.2 Å². The van der Waals surface area contributed by atoms with Gasteiger partial charge in [0.15, 0.2) is 9.84 Å². The lowest BCUT2D eigenvalue weighted by Crippen LogP contribution is -2.27. The second-order valence-electron chi connectivity index (χ2n) is 6.84. The largest absolute Gasteiger partial charge is 0.265 e. The van der Waals surface area contributed by atoms with Crippen molar-refractivity contribution in [3.05, 3.63) is 47.0 Å². The third-order valence-electron chi connectivity index (χ3n) is 4.93. The molecule has 1 atom stereocenters. The molecule has 1 fully saturated rings. The highest BCUT2D eigenvalue weighted by atomic mass is 32.2. The smallest absolute Gasteiger partial charge is 0.246 e. The molecule has 148 valence electrons. The predicted octanol–water partition coefficient (Wildman–Crippen LogP) is 1.82. The zero-order valence-electron chi connectivity index (χ0n) is 15.4. The standard InChI is InChI=1S/C17H22FN3O4S2/c1-12-15(13(2)21(19-12)14-8-9-26(22,23)11-14)10-20(3)27(24,25)17-7-5-4-6-16(17)18/h4-7,14H,8-11H2,1-3H3/t14-/m1/s1. The van der Waals surface area contributed by atoms with Crippen molar-refractivity contribution >= 4 is 19.9 Å². The lowest BCUT2D eigenvalue weighted by molar-refractivity contribution is 0.456. The maximum atomic E-state index is 13.9. The van der Waals surface area contributed by atoms with Gasteiger partial charge in [-0.3, -0.25) is 4.68 Å². The number of halogens is 1. The Morgan fingerprint density at radius 1 is 1.30 bits per heavy atom. The average molecular weight is 416 g/mol. The van der Waals surface area contributed by atoms with Gasteiger partial charge in [-0.05, 0) is 32.4 Å². The molecule has 1 aliphatic rings. The molecular weight excluding hydrogens is 393 g/mol. The summed E-state index contributed by atoms with van der Waals surface area (Å²) in [6, 6.07) is 5.00. The Morgan fingerprint density at radius 3 is 2.56 bits per heavy atom. The van der Waals surface area contributed by atoms with Crippen LogP contribution in [0.1, 0.15) is 29.4 Å². The van der Waals surface area contributed by atoms with Crippen molar-refractivity contribution in [2.75, 3.05) is 18.6 Å². The van der Waals surface area contributed by atoms with E-state index in [1.165, 1.54) is 25.2 Å². The van der Waals surface area contributed by atoms with Crippen molar-refractivity contribution in [2.24, 2.45) is 0 Å². The van der Waals surface area contributed by atoms with Gasteiger partial charge in [-0.1, -0.05) is 12.1 Å². The Balaban J connectivity index is 1.89. The zero-order chi connectivity index (χ0) is 20.0. The Morgan fingerprint density at radius 2 is 1.96 bits per heavy atom. The van der Waals surface area contributed by atoms with Crippen LogP contribution >= 0.6 is 0 Å². The summed E-state index contributed by atoms with van der Waals surface area (Å²) in [5, 5.41) is 4.44. The van der Waals surface area contributed by atoms with Crippen LogP contribution < -0.4 is 0 Å². The molecule has 0 amide bonds. The van der Waals surface area contributed by atoms with Gasteiger partial charge >= 0.3 is 0 Å². The van der Waals surface area contributed by atoms with Gasteiger partial charge in [-0.2, -0.15) is 9.40 Å². The number of hydrogen-bond donors (Lipinski definition) is 0. The first-order chi connectivity index (χ1) is 12.5. The normalized spacial score (nSPS) is 19.7. The fourth-order valence-electron chi connectivity index (χ4n) is 3.38. The van der Waals surface area contributed by atoms with Crippen molar-refractivity contribution < 1.29 is 21.2 Å². The molecule has 2 aromatic rings. The molecule has 0 unspecified atom stereocenters. The van der Waals surface area contributed by atoms with Crippen LogP contribution in [-0.4, -0.2) is 49.5 Å². The van der Waals surface area contributed by atoms with Gasteiger partial charge in [0.25, 0.3) is 0 Å². The first-order valence-electron chi connectivity index (χ1n) is 8.49. The fourth-order valence-corrected chi connectivity index (χ4v) is 6.27. The third kappa shape index (κ3) is 3.78. The van der Waals surface area contributed by atoms with Gasteiger partial charge in [-0.15, -0.1) is 0 Å². The van der Waals surface area contributed by atoms with E-state index in [0.717, 1.165) is 16.1 Å². The summed E-state index contributed by atoms with van der Waals surface area (Å²) in [4.78, 5) is -0.378.